The van der Waals surface area contributed by atoms with Crippen LogP contribution in [0.3, 0.4) is 0 Å². The fourth-order valence-corrected chi connectivity index (χ4v) is 2.45. The summed E-state index contributed by atoms with van der Waals surface area (Å²) < 4.78 is 0.933. The lowest BCUT2D eigenvalue weighted by Gasteiger charge is -1.98. The largest absolute Gasteiger partial charge is 0.273 e. The van der Waals surface area contributed by atoms with Crippen molar-refractivity contribution in [1.82, 2.24) is 10.4 Å². The number of hydrogen-bond donors (Lipinski definition) is 1. The van der Waals surface area contributed by atoms with Crippen LogP contribution in [0, 0.1) is 6.92 Å². The SMILES string of the molecule is Cc1nc(CC(=O)NN=Cc2ccccc2Br)cs1. The Bertz CT molecular complexity index is 609. The minimum absolute atomic E-state index is 0.173. The Morgan fingerprint density at radius 3 is 3.00 bits per heavy atom. The van der Waals surface area contributed by atoms with Gasteiger partial charge in [-0.3, -0.25) is 4.79 Å². The van der Waals surface area contributed by atoms with Crippen molar-refractivity contribution in [2.24, 2.45) is 5.10 Å². The minimum Gasteiger partial charge on any atom is -0.273 e. The number of hydrogen-bond acceptors (Lipinski definition) is 4. The molecule has 0 unspecified atom stereocenters. The zero-order valence-electron chi connectivity index (χ0n) is 10.3. The molecule has 2 aromatic rings. The zero-order chi connectivity index (χ0) is 13.7. The van der Waals surface area contributed by atoms with Gasteiger partial charge in [-0.25, -0.2) is 10.4 Å². The smallest absolute Gasteiger partial charge is 0.246 e. The lowest BCUT2D eigenvalue weighted by molar-refractivity contribution is -0.120. The first kappa shape index (κ1) is 13.9. The Kier molecular flexibility index (Phi) is 4.81. The lowest BCUT2D eigenvalue weighted by atomic mass is 10.2. The van der Waals surface area contributed by atoms with Crippen molar-refractivity contribution in [3.05, 3.63) is 50.4 Å². The molecule has 0 fully saturated rings. The number of aryl methyl sites for hydroxylation is 1. The molecule has 1 aromatic carbocycles. The first-order valence-corrected chi connectivity index (χ1v) is 7.30. The number of aromatic nitrogens is 1. The average molecular weight is 338 g/mol. The lowest BCUT2D eigenvalue weighted by Crippen LogP contribution is -2.19. The molecule has 1 N–H and O–H groups in total. The summed E-state index contributed by atoms with van der Waals surface area (Å²) in [5.74, 6) is -0.173. The third kappa shape index (κ3) is 4.25. The van der Waals surface area contributed by atoms with E-state index in [4.69, 9.17) is 0 Å². The maximum atomic E-state index is 11.6. The van der Waals surface area contributed by atoms with Gasteiger partial charge in [0.05, 0.1) is 23.3 Å². The summed E-state index contributed by atoms with van der Waals surface area (Å²) in [5, 5.41) is 6.77. The van der Waals surface area contributed by atoms with Crippen molar-refractivity contribution in [1.29, 1.82) is 0 Å². The molecule has 19 heavy (non-hydrogen) atoms. The Morgan fingerprint density at radius 1 is 1.53 bits per heavy atom. The number of amides is 1. The highest BCUT2D eigenvalue weighted by atomic mass is 79.9. The van der Waals surface area contributed by atoms with Gasteiger partial charge in [-0.1, -0.05) is 34.1 Å². The van der Waals surface area contributed by atoms with Crippen LogP contribution in [0.2, 0.25) is 0 Å². The van der Waals surface area contributed by atoms with E-state index in [-0.39, 0.29) is 12.3 Å². The van der Waals surface area contributed by atoms with Crippen LogP contribution in [0.25, 0.3) is 0 Å². The van der Waals surface area contributed by atoms with Crippen LogP contribution in [0.5, 0.6) is 0 Å². The monoisotopic (exact) mass is 337 g/mol. The Balaban J connectivity index is 1.88. The summed E-state index contributed by atoms with van der Waals surface area (Å²) in [6.45, 7) is 1.91. The minimum atomic E-state index is -0.173. The second kappa shape index (κ2) is 6.58. The van der Waals surface area contributed by atoms with Crippen molar-refractivity contribution < 1.29 is 4.79 Å². The topological polar surface area (TPSA) is 54.4 Å². The van der Waals surface area contributed by atoms with E-state index in [0.29, 0.717) is 0 Å². The Hall–Kier alpha value is -1.53. The quantitative estimate of drug-likeness (QED) is 0.688. The standard InChI is InChI=1S/C13H12BrN3OS/c1-9-16-11(8-19-9)6-13(18)17-15-7-10-4-2-3-5-12(10)14/h2-5,7-8H,6H2,1H3,(H,17,18). The van der Waals surface area contributed by atoms with E-state index in [0.717, 1.165) is 20.7 Å². The molecule has 4 nitrogen and oxygen atoms in total. The van der Waals surface area contributed by atoms with E-state index >= 15 is 0 Å². The molecule has 0 aliphatic heterocycles. The van der Waals surface area contributed by atoms with Gasteiger partial charge in [-0.2, -0.15) is 5.10 Å². The highest BCUT2D eigenvalue weighted by molar-refractivity contribution is 9.10. The molecule has 2 rings (SSSR count). The highest BCUT2D eigenvalue weighted by Gasteiger charge is 2.05. The van der Waals surface area contributed by atoms with Crippen LogP contribution >= 0.6 is 27.3 Å². The zero-order valence-corrected chi connectivity index (χ0v) is 12.7. The van der Waals surface area contributed by atoms with Crippen molar-refractivity contribution in [2.75, 3.05) is 0 Å². The van der Waals surface area contributed by atoms with Gasteiger partial charge in [0.2, 0.25) is 5.91 Å². The summed E-state index contributed by atoms with van der Waals surface area (Å²) in [6.07, 6.45) is 1.85. The first-order chi connectivity index (χ1) is 9.15. The van der Waals surface area contributed by atoms with E-state index in [2.05, 4.69) is 31.4 Å². The molecule has 0 spiro atoms. The van der Waals surface area contributed by atoms with Gasteiger partial charge in [-0.15, -0.1) is 11.3 Å². The molecule has 1 amide bonds. The second-order valence-electron chi connectivity index (χ2n) is 3.85. The predicted octanol–water partition coefficient (Wildman–Crippen LogP) is 2.91. The number of benzene rings is 1. The highest BCUT2D eigenvalue weighted by Crippen LogP contribution is 2.13. The number of halogens is 1. The molecule has 1 aromatic heterocycles. The molecule has 0 saturated heterocycles. The molecule has 0 saturated carbocycles. The van der Waals surface area contributed by atoms with E-state index < -0.39 is 0 Å². The van der Waals surface area contributed by atoms with E-state index in [9.17, 15) is 4.79 Å². The van der Waals surface area contributed by atoms with Crippen molar-refractivity contribution >= 4 is 39.4 Å². The summed E-state index contributed by atoms with van der Waals surface area (Å²) in [4.78, 5) is 15.9. The molecule has 1 heterocycles. The van der Waals surface area contributed by atoms with Gasteiger partial charge in [0.25, 0.3) is 0 Å². The number of carbonyl (C=O) groups excluding carboxylic acids is 1. The van der Waals surface area contributed by atoms with E-state index in [1.165, 1.54) is 11.3 Å². The maximum absolute atomic E-state index is 11.6. The second-order valence-corrected chi connectivity index (χ2v) is 5.77. The fraction of sp³-hybridized carbons (Fsp3) is 0.154. The number of nitrogens with zero attached hydrogens (tertiary/aromatic N) is 2. The van der Waals surface area contributed by atoms with Gasteiger partial charge in [0.15, 0.2) is 0 Å². The van der Waals surface area contributed by atoms with Gasteiger partial charge < -0.3 is 0 Å². The van der Waals surface area contributed by atoms with Gasteiger partial charge >= 0.3 is 0 Å². The molecule has 0 radical (unpaired) electrons. The van der Waals surface area contributed by atoms with Crippen molar-refractivity contribution in [3.8, 4) is 0 Å². The number of rotatable bonds is 4. The normalized spacial score (nSPS) is 10.8. The van der Waals surface area contributed by atoms with Crippen molar-refractivity contribution in [2.45, 2.75) is 13.3 Å². The van der Waals surface area contributed by atoms with E-state index in [1.54, 1.807) is 6.21 Å². The summed E-state index contributed by atoms with van der Waals surface area (Å²) >= 11 is 4.94. The number of hydrazone groups is 1. The van der Waals surface area contributed by atoms with E-state index in [1.807, 2.05) is 36.6 Å². The molecular weight excluding hydrogens is 326 g/mol. The Labute approximate surface area is 123 Å². The first-order valence-electron chi connectivity index (χ1n) is 5.62. The number of carbonyl (C=O) groups is 1. The molecule has 6 heteroatoms. The van der Waals surface area contributed by atoms with Gasteiger partial charge in [-0.05, 0) is 13.0 Å². The summed E-state index contributed by atoms with van der Waals surface area (Å²) in [7, 11) is 0. The average Bonchev–Trinajstić information content (AvgIpc) is 2.77. The molecule has 0 atom stereocenters. The van der Waals surface area contributed by atoms with Gasteiger partial charge in [0.1, 0.15) is 0 Å². The Morgan fingerprint density at radius 2 is 2.32 bits per heavy atom. The van der Waals surface area contributed by atoms with Gasteiger partial charge in [0, 0.05) is 15.4 Å². The van der Waals surface area contributed by atoms with Crippen LogP contribution in [0.15, 0.2) is 39.2 Å². The third-order valence-corrected chi connectivity index (χ3v) is 3.85. The molecule has 98 valence electrons. The number of nitrogens with one attached hydrogen (secondary N) is 1. The fourth-order valence-electron chi connectivity index (χ4n) is 1.45. The predicted molar refractivity (Wildman–Crippen MR) is 80.4 cm³/mol. The van der Waals surface area contributed by atoms with Crippen LogP contribution < -0.4 is 5.43 Å². The van der Waals surface area contributed by atoms with Crippen LogP contribution in [0.4, 0.5) is 0 Å². The summed E-state index contributed by atoms with van der Waals surface area (Å²) in [5.41, 5.74) is 4.17. The molecule has 0 aliphatic carbocycles. The van der Waals surface area contributed by atoms with Crippen LogP contribution in [-0.4, -0.2) is 17.1 Å². The molecule has 0 bridgehead atoms. The number of thiazole rings is 1. The van der Waals surface area contributed by atoms with Crippen molar-refractivity contribution in [3.63, 3.8) is 0 Å². The van der Waals surface area contributed by atoms with Crippen LogP contribution in [-0.2, 0) is 11.2 Å². The molecular formula is C13H12BrN3OS. The third-order valence-electron chi connectivity index (χ3n) is 2.31. The van der Waals surface area contributed by atoms with Crippen LogP contribution in [0.1, 0.15) is 16.3 Å². The summed E-state index contributed by atoms with van der Waals surface area (Å²) in [6, 6.07) is 7.65. The molecule has 0 aliphatic rings. The maximum Gasteiger partial charge on any atom is 0.246 e.